The van der Waals surface area contributed by atoms with Crippen LogP contribution in [0.1, 0.15) is 44.1 Å². The number of furan rings is 1. The minimum Gasteiger partial charge on any atom is -0.497 e. The molecule has 1 saturated heterocycles. The summed E-state index contributed by atoms with van der Waals surface area (Å²) in [4.78, 5) is 37.1. The van der Waals surface area contributed by atoms with Crippen LogP contribution in [0.25, 0.3) is 6.08 Å². The number of benzene rings is 1. The lowest BCUT2D eigenvalue weighted by Crippen LogP contribution is -2.44. The monoisotopic (exact) mass is 550 g/mol. The second kappa shape index (κ2) is 11.6. The van der Waals surface area contributed by atoms with Crippen molar-refractivity contribution >= 4 is 29.3 Å². The molecule has 9 nitrogen and oxygen atoms in total. The van der Waals surface area contributed by atoms with Gasteiger partial charge in [0.05, 0.1) is 35.6 Å². The molecule has 1 fully saturated rings. The first-order chi connectivity index (χ1) is 18.9. The summed E-state index contributed by atoms with van der Waals surface area (Å²) in [6.45, 7) is 7.77. The molecule has 0 radical (unpaired) electrons. The van der Waals surface area contributed by atoms with E-state index in [-0.39, 0.29) is 12.2 Å². The van der Waals surface area contributed by atoms with Gasteiger partial charge in [0.1, 0.15) is 11.5 Å². The molecule has 0 N–H and O–H groups in total. The summed E-state index contributed by atoms with van der Waals surface area (Å²) >= 11 is 1.30. The van der Waals surface area contributed by atoms with Crippen LogP contribution in [-0.4, -0.2) is 62.4 Å². The zero-order chi connectivity index (χ0) is 27.5. The lowest BCUT2D eigenvalue weighted by atomic mass is 9.94. The van der Waals surface area contributed by atoms with Crippen molar-refractivity contribution in [2.24, 2.45) is 4.99 Å². The normalized spacial score (nSPS) is 18.2. The predicted octanol–water partition coefficient (Wildman–Crippen LogP) is 2.93. The van der Waals surface area contributed by atoms with E-state index in [1.807, 2.05) is 43.3 Å². The molecule has 3 aromatic rings. The van der Waals surface area contributed by atoms with E-state index in [0.717, 1.165) is 44.0 Å². The molecule has 1 atom stereocenters. The van der Waals surface area contributed by atoms with E-state index < -0.39 is 12.0 Å². The third-order valence-corrected chi connectivity index (χ3v) is 7.99. The Morgan fingerprint density at radius 2 is 1.97 bits per heavy atom. The second-order valence-corrected chi connectivity index (χ2v) is 10.7. The molecule has 206 valence electrons. The molecular weight excluding hydrogens is 516 g/mol. The summed E-state index contributed by atoms with van der Waals surface area (Å²) in [6, 6.07) is 10.6. The first kappa shape index (κ1) is 27.0. The van der Waals surface area contributed by atoms with Gasteiger partial charge in [-0.15, -0.1) is 0 Å². The van der Waals surface area contributed by atoms with Crippen LogP contribution in [0.2, 0.25) is 0 Å². The standard InChI is InChI=1S/C29H34N4O5S/c1-5-8-22-25(28(35)37-6-2)26(19-9-7-10-20(17-19)36-4)33-27(34)23(39-29(33)30-22)18-21-11-12-24(38-21)32-15-13-31(3)14-16-32/h7,9-12,17-18,26H,5-6,8,13-16H2,1-4H3/t26-/m0/s1. The van der Waals surface area contributed by atoms with Crippen LogP contribution in [0.3, 0.4) is 0 Å². The first-order valence-corrected chi connectivity index (χ1v) is 14.1. The lowest BCUT2D eigenvalue weighted by molar-refractivity contribution is -0.139. The molecule has 10 heteroatoms. The van der Waals surface area contributed by atoms with Gasteiger partial charge < -0.3 is 23.7 Å². The van der Waals surface area contributed by atoms with Crippen molar-refractivity contribution in [1.82, 2.24) is 9.47 Å². The number of ether oxygens (including phenoxy) is 2. The van der Waals surface area contributed by atoms with E-state index in [1.54, 1.807) is 24.7 Å². The number of allylic oxidation sites excluding steroid dienone is 1. The van der Waals surface area contributed by atoms with Crippen LogP contribution in [0.5, 0.6) is 5.75 Å². The van der Waals surface area contributed by atoms with Gasteiger partial charge in [-0.1, -0.05) is 36.8 Å². The molecule has 2 aliphatic heterocycles. The number of anilines is 1. The molecule has 0 aliphatic carbocycles. The van der Waals surface area contributed by atoms with Gasteiger partial charge in [-0.05, 0) is 44.2 Å². The number of aromatic nitrogens is 1. The number of thiazole rings is 1. The van der Waals surface area contributed by atoms with Gasteiger partial charge in [0.15, 0.2) is 10.7 Å². The predicted molar refractivity (Wildman–Crippen MR) is 151 cm³/mol. The van der Waals surface area contributed by atoms with Gasteiger partial charge in [-0.25, -0.2) is 9.79 Å². The maximum atomic E-state index is 13.9. The van der Waals surface area contributed by atoms with Crippen molar-refractivity contribution in [3.63, 3.8) is 0 Å². The summed E-state index contributed by atoms with van der Waals surface area (Å²) in [5, 5.41) is 0. The van der Waals surface area contributed by atoms with Gasteiger partial charge in [0.25, 0.3) is 5.56 Å². The van der Waals surface area contributed by atoms with Crippen LogP contribution >= 0.6 is 11.3 Å². The Morgan fingerprint density at radius 3 is 2.69 bits per heavy atom. The molecule has 1 aromatic carbocycles. The Labute approximate surface area is 231 Å². The maximum absolute atomic E-state index is 13.9. The van der Waals surface area contributed by atoms with Gasteiger partial charge in [0.2, 0.25) is 0 Å². The average molecular weight is 551 g/mol. The van der Waals surface area contributed by atoms with Gasteiger partial charge >= 0.3 is 5.97 Å². The highest BCUT2D eigenvalue weighted by Crippen LogP contribution is 2.34. The zero-order valence-corrected chi connectivity index (χ0v) is 23.6. The molecule has 0 amide bonds. The molecule has 0 spiro atoms. The Kier molecular flexibility index (Phi) is 8.04. The number of rotatable bonds is 8. The number of methoxy groups -OCH3 is 1. The fourth-order valence-corrected chi connectivity index (χ4v) is 5.99. The van der Waals surface area contributed by atoms with E-state index in [4.69, 9.17) is 18.9 Å². The fourth-order valence-electron chi connectivity index (χ4n) is 4.99. The van der Waals surface area contributed by atoms with Crippen LogP contribution in [0.4, 0.5) is 5.88 Å². The van der Waals surface area contributed by atoms with Gasteiger partial charge in [0, 0.05) is 38.3 Å². The largest absolute Gasteiger partial charge is 0.497 e. The average Bonchev–Trinajstić information content (AvgIpc) is 3.53. The van der Waals surface area contributed by atoms with E-state index in [2.05, 4.69) is 16.8 Å². The highest BCUT2D eigenvalue weighted by Gasteiger charge is 2.34. The van der Waals surface area contributed by atoms with Crippen molar-refractivity contribution in [2.75, 3.05) is 51.8 Å². The number of nitrogens with zero attached hydrogens (tertiary/aromatic N) is 4. The quantitative estimate of drug-likeness (QED) is 0.399. The van der Waals surface area contributed by atoms with E-state index in [1.165, 1.54) is 11.3 Å². The van der Waals surface area contributed by atoms with E-state index >= 15 is 0 Å². The van der Waals surface area contributed by atoms with Crippen LogP contribution < -0.4 is 24.5 Å². The molecular formula is C29H34N4O5S. The van der Waals surface area contributed by atoms with E-state index in [9.17, 15) is 9.59 Å². The highest BCUT2D eigenvalue weighted by atomic mass is 32.1. The molecule has 4 heterocycles. The van der Waals surface area contributed by atoms with Crippen molar-refractivity contribution in [3.05, 3.63) is 78.7 Å². The number of hydrogen-bond donors (Lipinski definition) is 0. The van der Waals surface area contributed by atoms with Crippen LogP contribution in [0, 0.1) is 0 Å². The number of esters is 1. The summed E-state index contributed by atoms with van der Waals surface area (Å²) in [5.74, 6) is 1.57. The van der Waals surface area contributed by atoms with Gasteiger partial charge in [-0.3, -0.25) is 9.36 Å². The number of hydrogen-bond acceptors (Lipinski definition) is 9. The molecule has 0 saturated carbocycles. The lowest BCUT2D eigenvalue weighted by Gasteiger charge is -2.32. The van der Waals surface area contributed by atoms with Crippen molar-refractivity contribution in [3.8, 4) is 5.75 Å². The van der Waals surface area contributed by atoms with Crippen LogP contribution in [-0.2, 0) is 9.53 Å². The Morgan fingerprint density at radius 1 is 1.18 bits per heavy atom. The van der Waals surface area contributed by atoms with Crippen molar-refractivity contribution < 1.29 is 18.7 Å². The van der Waals surface area contributed by atoms with Gasteiger partial charge in [-0.2, -0.15) is 0 Å². The summed E-state index contributed by atoms with van der Waals surface area (Å²) in [5.41, 5.74) is 1.55. The molecule has 0 unspecified atom stereocenters. The molecule has 39 heavy (non-hydrogen) atoms. The minimum atomic E-state index is -0.684. The van der Waals surface area contributed by atoms with E-state index in [0.29, 0.717) is 38.5 Å². The Balaban J connectivity index is 1.63. The summed E-state index contributed by atoms with van der Waals surface area (Å²) < 4.78 is 19.1. The van der Waals surface area contributed by atoms with Crippen molar-refractivity contribution in [1.29, 1.82) is 0 Å². The first-order valence-electron chi connectivity index (χ1n) is 13.3. The highest BCUT2D eigenvalue weighted by molar-refractivity contribution is 7.07. The smallest absolute Gasteiger partial charge is 0.338 e. The maximum Gasteiger partial charge on any atom is 0.338 e. The number of carbonyl (C=O) groups excluding carboxylic acids is 1. The third-order valence-electron chi connectivity index (χ3n) is 7.00. The number of fused-ring (bicyclic) bond motifs is 1. The summed E-state index contributed by atoms with van der Waals surface area (Å²) in [7, 11) is 3.71. The Hall–Kier alpha value is -3.63. The third kappa shape index (κ3) is 5.44. The molecule has 2 aliphatic rings. The second-order valence-electron chi connectivity index (χ2n) is 9.66. The fraction of sp³-hybridized carbons (Fsp3) is 0.414. The Bertz CT molecular complexity index is 1560. The molecule has 0 bridgehead atoms. The molecule has 2 aromatic heterocycles. The zero-order valence-electron chi connectivity index (χ0n) is 22.8. The molecule has 5 rings (SSSR count). The minimum absolute atomic E-state index is 0.227. The van der Waals surface area contributed by atoms with Crippen LogP contribution in [0.15, 0.2) is 61.9 Å². The number of likely N-dealkylation sites (N-methyl/N-ethyl adjacent to an activating group) is 1. The summed E-state index contributed by atoms with van der Waals surface area (Å²) in [6.07, 6.45) is 3.15. The van der Waals surface area contributed by atoms with Crippen molar-refractivity contribution in [2.45, 2.75) is 32.7 Å². The SMILES string of the molecule is CCCC1=C(C(=O)OCC)[C@H](c2cccc(OC)c2)n2c(sc(=Cc3ccc(N4CCN(C)CC4)o3)c2=O)=N1. The number of carbonyl (C=O) groups is 1. The topological polar surface area (TPSA) is 89.5 Å². The number of piperazine rings is 1.